The van der Waals surface area contributed by atoms with Crippen molar-refractivity contribution >= 4 is 22.5 Å². The van der Waals surface area contributed by atoms with Gasteiger partial charge in [-0.15, -0.1) is 0 Å². The first-order valence-corrected chi connectivity index (χ1v) is 6.72. The van der Waals surface area contributed by atoms with E-state index in [0.717, 1.165) is 36.0 Å². The van der Waals surface area contributed by atoms with E-state index < -0.39 is 0 Å². The van der Waals surface area contributed by atoms with Crippen LogP contribution in [0, 0.1) is 5.92 Å². The number of benzene rings is 1. The van der Waals surface area contributed by atoms with E-state index in [2.05, 4.69) is 27.8 Å². The lowest BCUT2D eigenvalue weighted by atomic mass is 9.92. The molecule has 1 aliphatic rings. The van der Waals surface area contributed by atoms with Crippen molar-refractivity contribution in [2.75, 3.05) is 11.9 Å². The van der Waals surface area contributed by atoms with E-state index in [1.807, 2.05) is 18.2 Å². The maximum atomic E-state index is 12.3. The Morgan fingerprint density at radius 3 is 3.21 bits per heavy atom. The monoisotopic (exact) mass is 258 g/mol. The lowest BCUT2D eigenvalue weighted by Crippen LogP contribution is -2.48. The molecule has 1 amide bonds. The van der Waals surface area contributed by atoms with Gasteiger partial charge in [0.05, 0.1) is 23.4 Å². The van der Waals surface area contributed by atoms with Gasteiger partial charge in [0.2, 0.25) is 5.91 Å². The van der Waals surface area contributed by atoms with Crippen LogP contribution in [-0.4, -0.2) is 28.7 Å². The number of aromatic amines is 1. The molecule has 3 N–H and O–H groups in total. The van der Waals surface area contributed by atoms with Crippen LogP contribution < -0.4 is 10.6 Å². The Kier molecular flexibility index (Phi) is 3.21. The van der Waals surface area contributed by atoms with Gasteiger partial charge in [-0.1, -0.05) is 19.1 Å². The van der Waals surface area contributed by atoms with Gasteiger partial charge >= 0.3 is 0 Å². The molecule has 0 bridgehead atoms. The second-order valence-corrected chi connectivity index (χ2v) is 5.18. The van der Waals surface area contributed by atoms with E-state index in [0.29, 0.717) is 5.92 Å². The molecule has 1 aliphatic heterocycles. The molecule has 2 aromatic rings. The van der Waals surface area contributed by atoms with Gasteiger partial charge in [0.1, 0.15) is 0 Å². The summed E-state index contributed by atoms with van der Waals surface area (Å²) in [5.74, 6) is 0.406. The van der Waals surface area contributed by atoms with Gasteiger partial charge in [-0.2, -0.15) is 5.10 Å². The first-order chi connectivity index (χ1) is 9.25. The summed E-state index contributed by atoms with van der Waals surface area (Å²) in [4.78, 5) is 12.3. The van der Waals surface area contributed by atoms with Gasteiger partial charge in [-0.25, -0.2) is 0 Å². The summed E-state index contributed by atoms with van der Waals surface area (Å²) >= 11 is 0. The Morgan fingerprint density at radius 1 is 1.47 bits per heavy atom. The molecule has 0 spiro atoms. The maximum Gasteiger partial charge on any atom is 0.241 e. The van der Waals surface area contributed by atoms with Gasteiger partial charge in [-0.3, -0.25) is 9.89 Å². The standard InChI is InChI=1S/C14H18N4O/c1-9-4-3-7-15-12(9)14(19)17-11-6-2-5-10-8-16-18-13(10)11/h2,5-6,8-9,12,15H,3-4,7H2,1H3,(H,16,18)(H,17,19). The first-order valence-electron chi connectivity index (χ1n) is 6.72. The van der Waals surface area contributed by atoms with Crippen LogP contribution in [-0.2, 0) is 4.79 Å². The quantitative estimate of drug-likeness (QED) is 0.770. The van der Waals surface area contributed by atoms with Crippen LogP contribution in [0.3, 0.4) is 0 Å². The predicted octanol–water partition coefficient (Wildman–Crippen LogP) is 1.89. The maximum absolute atomic E-state index is 12.3. The number of amides is 1. The fourth-order valence-corrected chi connectivity index (χ4v) is 2.68. The van der Waals surface area contributed by atoms with Crippen LogP contribution >= 0.6 is 0 Å². The third-order valence-electron chi connectivity index (χ3n) is 3.79. The molecule has 2 atom stereocenters. The summed E-state index contributed by atoms with van der Waals surface area (Å²) in [5.41, 5.74) is 1.67. The lowest BCUT2D eigenvalue weighted by Gasteiger charge is -2.28. The molecule has 1 saturated heterocycles. The number of nitrogens with zero attached hydrogens (tertiary/aromatic N) is 1. The zero-order valence-corrected chi connectivity index (χ0v) is 10.9. The number of hydrogen-bond donors (Lipinski definition) is 3. The zero-order chi connectivity index (χ0) is 13.2. The second kappa shape index (κ2) is 5.01. The molecular formula is C14H18N4O. The normalized spacial score (nSPS) is 23.4. The van der Waals surface area contributed by atoms with E-state index in [-0.39, 0.29) is 11.9 Å². The van der Waals surface area contributed by atoms with E-state index >= 15 is 0 Å². The van der Waals surface area contributed by atoms with Crippen LogP contribution in [0.1, 0.15) is 19.8 Å². The molecule has 1 fully saturated rings. The van der Waals surface area contributed by atoms with Crippen molar-refractivity contribution in [2.45, 2.75) is 25.8 Å². The Bertz CT molecular complexity index is 592. The molecule has 1 aromatic heterocycles. The van der Waals surface area contributed by atoms with Crippen molar-refractivity contribution in [3.05, 3.63) is 24.4 Å². The Labute approximate surface area is 111 Å². The predicted molar refractivity (Wildman–Crippen MR) is 74.9 cm³/mol. The molecule has 19 heavy (non-hydrogen) atoms. The highest BCUT2D eigenvalue weighted by Gasteiger charge is 2.27. The number of carbonyl (C=O) groups excluding carboxylic acids is 1. The molecule has 2 unspecified atom stereocenters. The molecule has 0 aliphatic carbocycles. The third-order valence-corrected chi connectivity index (χ3v) is 3.79. The summed E-state index contributed by atoms with van der Waals surface area (Å²) in [5, 5.41) is 14.2. The highest BCUT2D eigenvalue weighted by Crippen LogP contribution is 2.22. The average molecular weight is 258 g/mol. The first kappa shape index (κ1) is 12.2. The van der Waals surface area contributed by atoms with Crippen molar-refractivity contribution in [1.29, 1.82) is 0 Å². The van der Waals surface area contributed by atoms with Gasteiger partial charge in [-0.05, 0) is 31.4 Å². The van der Waals surface area contributed by atoms with E-state index in [1.54, 1.807) is 6.20 Å². The highest BCUT2D eigenvalue weighted by atomic mass is 16.2. The SMILES string of the molecule is CC1CCCNC1C(=O)Nc1cccc2cn[nH]c12. The molecule has 0 saturated carbocycles. The Morgan fingerprint density at radius 2 is 2.37 bits per heavy atom. The lowest BCUT2D eigenvalue weighted by molar-refractivity contribution is -0.119. The number of para-hydroxylation sites is 1. The molecule has 1 aromatic carbocycles. The topological polar surface area (TPSA) is 69.8 Å². The largest absolute Gasteiger partial charge is 0.323 e. The van der Waals surface area contributed by atoms with Gasteiger partial charge < -0.3 is 10.6 Å². The van der Waals surface area contributed by atoms with Crippen molar-refractivity contribution in [3.63, 3.8) is 0 Å². The number of piperidine rings is 1. The van der Waals surface area contributed by atoms with Crippen molar-refractivity contribution in [1.82, 2.24) is 15.5 Å². The number of H-pyrrole nitrogens is 1. The third kappa shape index (κ3) is 2.33. The summed E-state index contributed by atoms with van der Waals surface area (Å²) in [6, 6.07) is 5.68. The minimum Gasteiger partial charge on any atom is -0.323 e. The molecule has 3 rings (SSSR count). The van der Waals surface area contributed by atoms with Crippen LogP contribution in [0.5, 0.6) is 0 Å². The number of anilines is 1. The van der Waals surface area contributed by atoms with Crippen LogP contribution in [0.4, 0.5) is 5.69 Å². The number of hydrogen-bond acceptors (Lipinski definition) is 3. The van der Waals surface area contributed by atoms with E-state index in [1.165, 1.54) is 0 Å². The molecule has 100 valence electrons. The summed E-state index contributed by atoms with van der Waals surface area (Å²) in [6.45, 7) is 3.03. The van der Waals surface area contributed by atoms with E-state index in [9.17, 15) is 4.79 Å². The number of aromatic nitrogens is 2. The van der Waals surface area contributed by atoms with Gasteiger partial charge in [0.25, 0.3) is 0 Å². The second-order valence-electron chi connectivity index (χ2n) is 5.18. The molecule has 2 heterocycles. The number of fused-ring (bicyclic) bond motifs is 1. The number of nitrogens with one attached hydrogen (secondary N) is 3. The fraction of sp³-hybridized carbons (Fsp3) is 0.429. The van der Waals surface area contributed by atoms with Crippen LogP contribution in [0.25, 0.3) is 10.9 Å². The fourth-order valence-electron chi connectivity index (χ4n) is 2.68. The Balaban J connectivity index is 1.80. The van der Waals surface area contributed by atoms with Crippen LogP contribution in [0.2, 0.25) is 0 Å². The van der Waals surface area contributed by atoms with Gasteiger partial charge in [0, 0.05) is 5.39 Å². The molecular weight excluding hydrogens is 240 g/mol. The number of rotatable bonds is 2. The average Bonchev–Trinajstić information content (AvgIpc) is 2.88. The van der Waals surface area contributed by atoms with Crippen molar-refractivity contribution < 1.29 is 4.79 Å². The molecule has 0 radical (unpaired) electrons. The van der Waals surface area contributed by atoms with E-state index in [4.69, 9.17) is 0 Å². The molecule has 5 heteroatoms. The number of carbonyl (C=O) groups is 1. The smallest absolute Gasteiger partial charge is 0.241 e. The minimum absolute atomic E-state index is 0.0364. The summed E-state index contributed by atoms with van der Waals surface area (Å²) in [6.07, 6.45) is 3.99. The van der Waals surface area contributed by atoms with Crippen molar-refractivity contribution in [2.24, 2.45) is 5.92 Å². The highest BCUT2D eigenvalue weighted by molar-refractivity contribution is 6.02. The van der Waals surface area contributed by atoms with Crippen molar-refractivity contribution in [3.8, 4) is 0 Å². The van der Waals surface area contributed by atoms with Crippen LogP contribution in [0.15, 0.2) is 24.4 Å². The summed E-state index contributed by atoms with van der Waals surface area (Å²) < 4.78 is 0. The zero-order valence-electron chi connectivity index (χ0n) is 10.9. The Hall–Kier alpha value is -1.88. The molecule has 5 nitrogen and oxygen atoms in total. The van der Waals surface area contributed by atoms with Gasteiger partial charge in [0.15, 0.2) is 0 Å². The summed E-state index contributed by atoms with van der Waals surface area (Å²) in [7, 11) is 0. The minimum atomic E-state index is -0.105.